The van der Waals surface area contributed by atoms with Crippen molar-refractivity contribution in [2.24, 2.45) is 5.92 Å². The van der Waals surface area contributed by atoms with Crippen LogP contribution < -0.4 is 0 Å². The Morgan fingerprint density at radius 2 is 2.21 bits per heavy atom. The van der Waals surface area contributed by atoms with Crippen molar-refractivity contribution in [1.29, 1.82) is 0 Å². The Morgan fingerprint density at radius 3 is 2.92 bits per heavy atom. The second kappa shape index (κ2) is 6.94. The predicted molar refractivity (Wildman–Crippen MR) is 95.2 cm³/mol. The van der Waals surface area contributed by atoms with Crippen LogP contribution in [-0.2, 0) is 24.4 Å². The molecule has 2 aromatic rings. The minimum atomic E-state index is 0.383. The number of hydrogen-bond donors (Lipinski definition) is 0. The lowest BCUT2D eigenvalue weighted by Crippen LogP contribution is -2.35. The quantitative estimate of drug-likeness (QED) is 0.772. The van der Waals surface area contributed by atoms with Crippen molar-refractivity contribution < 1.29 is 4.74 Å². The standard InChI is InChI=1S/C18H26N4OS/c1-3-22-8-15-6-21(9-17-13(2)19-12-24-17)7-16(18(15)20-22)11-23-10-14-4-5-14/h8,12,14,16H,3-7,9-11H2,1-2H3. The lowest BCUT2D eigenvalue weighted by atomic mass is 9.97. The molecule has 1 aliphatic carbocycles. The van der Waals surface area contributed by atoms with E-state index >= 15 is 0 Å². The number of aryl methyl sites for hydroxylation is 2. The fourth-order valence-electron chi connectivity index (χ4n) is 3.40. The van der Waals surface area contributed by atoms with Crippen LogP contribution in [0.3, 0.4) is 0 Å². The van der Waals surface area contributed by atoms with Crippen molar-refractivity contribution in [3.8, 4) is 0 Å². The molecule has 1 aliphatic heterocycles. The first-order valence-corrected chi connectivity index (χ1v) is 9.86. The van der Waals surface area contributed by atoms with E-state index < -0.39 is 0 Å². The lowest BCUT2D eigenvalue weighted by Gasteiger charge is -2.31. The smallest absolute Gasteiger partial charge is 0.0798 e. The SMILES string of the molecule is CCn1cc2c(n1)C(COCC1CC1)CN(Cc1scnc1C)C2. The van der Waals surface area contributed by atoms with Crippen LogP contribution in [0.15, 0.2) is 11.7 Å². The lowest BCUT2D eigenvalue weighted by molar-refractivity contribution is 0.0883. The predicted octanol–water partition coefficient (Wildman–Crippen LogP) is 3.19. The topological polar surface area (TPSA) is 43.2 Å². The number of rotatable bonds is 7. The molecule has 3 heterocycles. The fourth-order valence-corrected chi connectivity index (χ4v) is 4.22. The van der Waals surface area contributed by atoms with Gasteiger partial charge in [-0.15, -0.1) is 11.3 Å². The van der Waals surface area contributed by atoms with Crippen molar-refractivity contribution in [2.45, 2.75) is 52.2 Å². The molecule has 0 aromatic carbocycles. The number of ether oxygens (including phenoxy) is 1. The zero-order chi connectivity index (χ0) is 16.5. The maximum absolute atomic E-state index is 6.02. The van der Waals surface area contributed by atoms with Gasteiger partial charge in [0.1, 0.15) is 0 Å². The van der Waals surface area contributed by atoms with Gasteiger partial charge in [-0.2, -0.15) is 5.10 Å². The van der Waals surface area contributed by atoms with E-state index in [1.807, 2.05) is 5.51 Å². The minimum Gasteiger partial charge on any atom is -0.380 e. The normalized spacial score (nSPS) is 21.2. The van der Waals surface area contributed by atoms with E-state index in [1.54, 1.807) is 11.3 Å². The Kier molecular flexibility index (Phi) is 4.70. The molecule has 0 amide bonds. The van der Waals surface area contributed by atoms with E-state index in [0.29, 0.717) is 5.92 Å². The van der Waals surface area contributed by atoms with Crippen molar-refractivity contribution in [3.05, 3.63) is 33.5 Å². The monoisotopic (exact) mass is 346 g/mol. The van der Waals surface area contributed by atoms with Crippen LogP contribution in [0, 0.1) is 12.8 Å². The molecule has 2 aromatic heterocycles. The number of thiazole rings is 1. The van der Waals surface area contributed by atoms with Gasteiger partial charge in [-0.3, -0.25) is 9.58 Å². The molecule has 0 bridgehead atoms. The largest absolute Gasteiger partial charge is 0.380 e. The summed E-state index contributed by atoms with van der Waals surface area (Å²) >= 11 is 1.76. The molecule has 0 radical (unpaired) electrons. The third kappa shape index (κ3) is 3.55. The maximum Gasteiger partial charge on any atom is 0.0798 e. The third-order valence-electron chi connectivity index (χ3n) is 5.03. The van der Waals surface area contributed by atoms with E-state index in [2.05, 4.69) is 34.6 Å². The van der Waals surface area contributed by atoms with E-state index in [9.17, 15) is 0 Å². The number of nitrogens with zero attached hydrogens (tertiary/aromatic N) is 4. The molecule has 2 aliphatic rings. The van der Waals surface area contributed by atoms with E-state index in [1.165, 1.54) is 29.0 Å². The molecule has 24 heavy (non-hydrogen) atoms. The molecule has 1 unspecified atom stereocenters. The Labute approximate surface area is 147 Å². The van der Waals surface area contributed by atoms with Crippen molar-refractivity contribution in [3.63, 3.8) is 0 Å². The molecule has 6 heteroatoms. The summed E-state index contributed by atoms with van der Waals surface area (Å²) in [5, 5.41) is 4.81. The van der Waals surface area contributed by atoms with Crippen molar-refractivity contribution in [2.75, 3.05) is 19.8 Å². The summed E-state index contributed by atoms with van der Waals surface area (Å²) in [6.07, 6.45) is 4.91. The zero-order valence-corrected chi connectivity index (χ0v) is 15.4. The van der Waals surface area contributed by atoms with Crippen molar-refractivity contribution >= 4 is 11.3 Å². The minimum absolute atomic E-state index is 0.383. The maximum atomic E-state index is 6.02. The van der Waals surface area contributed by atoms with Crippen LogP contribution >= 0.6 is 11.3 Å². The van der Waals surface area contributed by atoms with E-state index in [0.717, 1.165) is 51.0 Å². The molecule has 0 spiro atoms. The molecule has 130 valence electrons. The summed E-state index contributed by atoms with van der Waals surface area (Å²) in [5.74, 6) is 1.20. The Morgan fingerprint density at radius 1 is 1.33 bits per heavy atom. The first-order valence-electron chi connectivity index (χ1n) is 8.98. The Balaban J connectivity index is 1.48. The molecule has 1 saturated carbocycles. The van der Waals surface area contributed by atoms with E-state index in [4.69, 9.17) is 9.84 Å². The highest BCUT2D eigenvalue weighted by molar-refractivity contribution is 7.09. The molecule has 1 fully saturated rings. The molecule has 5 nitrogen and oxygen atoms in total. The average molecular weight is 347 g/mol. The van der Waals surface area contributed by atoms with Gasteiger partial charge in [-0.25, -0.2) is 4.98 Å². The number of fused-ring (bicyclic) bond motifs is 1. The first-order chi connectivity index (χ1) is 11.7. The average Bonchev–Trinajstić information content (AvgIpc) is 3.16. The summed E-state index contributed by atoms with van der Waals surface area (Å²) in [6, 6.07) is 0. The van der Waals surface area contributed by atoms with Crippen LogP contribution in [0.1, 0.15) is 47.5 Å². The summed E-state index contributed by atoms with van der Waals surface area (Å²) in [7, 11) is 0. The van der Waals surface area contributed by atoms with Gasteiger partial charge < -0.3 is 4.74 Å². The van der Waals surface area contributed by atoms with Gasteiger partial charge in [-0.05, 0) is 32.6 Å². The summed E-state index contributed by atoms with van der Waals surface area (Å²) in [5.41, 5.74) is 5.73. The van der Waals surface area contributed by atoms with Gasteiger partial charge >= 0.3 is 0 Å². The Hall–Kier alpha value is -1.24. The first kappa shape index (κ1) is 16.2. The molecule has 0 N–H and O–H groups in total. The number of hydrogen-bond acceptors (Lipinski definition) is 5. The van der Waals surface area contributed by atoms with Crippen LogP contribution in [0.4, 0.5) is 0 Å². The highest BCUT2D eigenvalue weighted by Crippen LogP contribution is 2.32. The third-order valence-corrected chi connectivity index (χ3v) is 5.95. The van der Waals surface area contributed by atoms with Gasteiger partial charge in [0, 0.05) is 55.3 Å². The van der Waals surface area contributed by atoms with E-state index in [-0.39, 0.29) is 0 Å². The highest BCUT2D eigenvalue weighted by Gasteiger charge is 2.30. The van der Waals surface area contributed by atoms with Gasteiger partial charge in [-0.1, -0.05) is 0 Å². The fraction of sp³-hybridized carbons (Fsp3) is 0.667. The molecule has 1 atom stereocenters. The Bertz CT molecular complexity index is 691. The van der Waals surface area contributed by atoms with Gasteiger partial charge in [0.2, 0.25) is 0 Å². The molecule has 4 rings (SSSR count). The number of aromatic nitrogens is 3. The second-order valence-electron chi connectivity index (χ2n) is 7.10. The van der Waals surface area contributed by atoms with Crippen LogP contribution in [0.25, 0.3) is 0 Å². The van der Waals surface area contributed by atoms with Crippen molar-refractivity contribution in [1.82, 2.24) is 19.7 Å². The van der Waals surface area contributed by atoms with Gasteiger partial charge in [0.05, 0.1) is 23.5 Å². The van der Waals surface area contributed by atoms with Crippen LogP contribution in [0.2, 0.25) is 0 Å². The second-order valence-corrected chi connectivity index (χ2v) is 8.04. The molecular formula is C18H26N4OS. The summed E-state index contributed by atoms with van der Waals surface area (Å²) in [4.78, 5) is 8.29. The van der Waals surface area contributed by atoms with Crippen LogP contribution in [-0.4, -0.2) is 39.4 Å². The molecular weight excluding hydrogens is 320 g/mol. The van der Waals surface area contributed by atoms with Gasteiger partial charge in [0.15, 0.2) is 0 Å². The highest BCUT2D eigenvalue weighted by atomic mass is 32.1. The summed E-state index contributed by atoms with van der Waals surface area (Å²) in [6.45, 7) is 9.88. The van der Waals surface area contributed by atoms with Crippen LogP contribution in [0.5, 0.6) is 0 Å². The zero-order valence-electron chi connectivity index (χ0n) is 14.6. The van der Waals surface area contributed by atoms with Gasteiger partial charge in [0.25, 0.3) is 0 Å². The molecule has 0 saturated heterocycles. The summed E-state index contributed by atoms with van der Waals surface area (Å²) < 4.78 is 8.09.